The Labute approximate surface area is 120 Å². The Hall–Kier alpha value is -1.43. The van der Waals surface area contributed by atoms with Crippen molar-refractivity contribution in [3.63, 3.8) is 0 Å². The Balaban J connectivity index is 1.79. The van der Waals surface area contributed by atoms with Gasteiger partial charge < -0.3 is 5.32 Å². The quantitative estimate of drug-likeness (QED) is 0.853. The Bertz CT molecular complexity index is 532. The summed E-state index contributed by atoms with van der Waals surface area (Å²) >= 11 is 0. The maximum absolute atomic E-state index is 12.7. The average Bonchev–Trinajstić information content (AvgIpc) is 2.45. The third-order valence-electron chi connectivity index (χ3n) is 4.44. The van der Waals surface area contributed by atoms with Gasteiger partial charge in [0.1, 0.15) is 0 Å². The van der Waals surface area contributed by atoms with Crippen molar-refractivity contribution < 1.29 is 18.0 Å². The first kappa shape index (κ1) is 14.5. The maximum Gasteiger partial charge on any atom is 0.417 e. The van der Waals surface area contributed by atoms with Crippen LogP contribution in [0.25, 0.3) is 0 Å². The van der Waals surface area contributed by atoms with Crippen LogP contribution in [0.2, 0.25) is 0 Å². The largest absolute Gasteiger partial charge is 0.417 e. The topological polar surface area (TPSA) is 42.0 Å². The summed E-state index contributed by atoms with van der Waals surface area (Å²) < 4.78 is 38.1. The zero-order chi connectivity index (χ0) is 15.0. The van der Waals surface area contributed by atoms with E-state index in [2.05, 4.69) is 10.3 Å². The van der Waals surface area contributed by atoms with Gasteiger partial charge in [0.25, 0.3) is 0 Å². The van der Waals surface area contributed by atoms with E-state index in [1.807, 2.05) is 0 Å². The summed E-state index contributed by atoms with van der Waals surface area (Å²) in [6.45, 7) is 0. The molecule has 2 aliphatic rings. The Morgan fingerprint density at radius 3 is 2.48 bits per heavy atom. The van der Waals surface area contributed by atoms with Crippen LogP contribution in [0, 0.1) is 5.92 Å². The number of carbonyl (C=O) groups is 1. The van der Waals surface area contributed by atoms with Gasteiger partial charge >= 0.3 is 6.18 Å². The fourth-order valence-corrected chi connectivity index (χ4v) is 3.45. The number of halogens is 3. The molecular formula is C15H17F3N2O. The van der Waals surface area contributed by atoms with Crippen LogP contribution in [0.15, 0.2) is 18.5 Å². The first-order chi connectivity index (χ1) is 9.93. The molecule has 3 nitrogen and oxygen atoms in total. The molecule has 3 heterocycles. The maximum atomic E-state index is 12.7. The van der Waals surface area contributed by atoms with Gasteiger partial charge in [-0.1, -0.05) is 6.42 Å². The molecule has 21 heavy (non-hydrogen) atoms. The number of carbonyl (C=O) groups excluding carboxylic acids is 1. The number of nitrogens with one attached hydrogen (secondary N) is 1. The Morgan fingerprint density at radius 1 is 1.19 bits per heavy atom. The highest BCUT2D eigenvalue weighted by Gasteiger charge is 2.36. The molecule has 2 fully saturated rings. The van der Waals surface area contributed by atoms with Gasteiger partial charge in [-0.3, -0.25) is 9.78 Å². The van der Waals surface area contributed by atoms with Crippen molar-refractivity contribution in [2.75, 3.05) is 0 Å². The second-order valence-corrected chi connectivity index (χ2v) is 5.98. The predicted molar refractivity (Wildman–Crippen MR) is 70.9 cm³/mol. The van der Waals surface area contributed by atoms with E-state index in [1.165, 1.54) is 6.20 Å². The minimum absolute atomic E-state index is 0.0785. The molecule has 0 aromatic carbocycles. The van der Waals surface area contributed by atoms with Crippen molar-refractivity contribution in [2.24, 2.45) is 5.92 Å². The molecule has 0 aliphatic carbocycles. The number of ketones is 1. The monoisotopic (exact) mass is 298 g/mol. The number of hydrogen-bond acceptors (Lipinski definition) is 3. The Morgan fingerprint density at radius 2 is 1.86 bits per heavy atom. The molecule has 0 amide bonds. The number of fused-ring (bicyclic) bond motifs is 2. The highest BCUT2D eigenvalue weighted by Crippen LogP contribution is 2.33. The molecule has 1 N–H and O–H groups in total. The van der Waals surface area contributed by atoms with Crippen molar-refractivity contribution in [3.05, 3.63) is 29.6 Å². The molecule has 2 unspecified atom stereocenters. The third kappa shape index (κ3) is 3.10. The highest BCUT2D eigenvalue weighted by molar-refractivity contribution is 5.97. The summed E-state index contributed by atoms with van der Waals surface area (Å²) in [5, 5.41) is 3.48. The first-order valence-electron chi connectivity index (χ1n) is 7.26. The standard InChI is InChI=1S/C15H17F3N2O/c16-15(17,18)11-4-10(7-19-8-11)14(21)9-5-12-2-1-3-13(6-9)20-12/h4,7-9,12-13,20H,1-3,5-6H2. The average molecular weight is 298 g/mol. The smallest absolute Gasteiger partial charge is 0.311 e. The van der Waals surface area contributed by atoms with E-state index in [0.29, 0.717) is 24.9 Å². The van der Waals surface area contributed by atoms with Crippen molar-refractivity contribution in [3.8, 4) is 0 Å². The molecule has 0 radical (unpaired) electrons. The van der Waals surface area contributed by atoms with Crippen molar-refractivity contribution in [1.29, 1.82) is 0 Å². The lowest BCUT2D eigenvalue weighted by molar-refractivity contribution is -0.137. The van der Waals surface area contributed by atoms with Gasteiger partial charge in [-0.2, -0.15) is 13.2 Å². The van der Waals surface area contributed by atoms with Crippen LogP contribution in [0.5, 0.6) is 0 Å². The Kier molecular flexibility index (Phi) is 3.73. The van der Waals surface area contributed by atoms with E-state index in [0.717, 1.165) is 31.5 Å². The van der Waals surface area contributed by atoms with E-state index in [4.69, 9.17) is 0 Å². The number of piperidine rings is 2. The summed E-state index contributed by atoms with van der Waals surface area (Å²) in [7, 11) is 0. The first-order valence-corrected chi connectivity index (χ1v) is 7.26. The van der Waals surface area contributed by atoms with Gasteiger partial charge in [0.05, 0.1) is 5.56 Å². The lowest BCUT2D eigenvalue weighted by atomic mass is 9.77. The van der Waals surface area contributed by atoms with Crippen LogP contribution in [0.4, 0.5) is 13.2 Å². The van der Waals surface area contributed by atoms with Gasteiger partial charge in [-0.15, -0.1) is 0 Å². The van der Waals surface area contributed by atoms with Crippen LogP contribution < -0.4 is 5.32 Å². The fourth-order valence-electron chi connectivity index (χ4n) is 3.45. The van der Waals surface area contributed by atoms with E-state index in [9.17, 15) is 18.0 Å². The number of Topliss-reactive ketones (excluding diaryl/α,β-unsaturated/α-hetero) is 1. The van der Waals surface area contributed by atoms with Crippen LogP contribution in [0.1, 0.15) is 48.0 Å². The molecule has 3 rings (SSSR count). The number of aromatic nitrogens is 1. The normalized spacial score (nSPS) is 29.2. The summed E-state index contributed by atoms with van der Waals surface area (Å²) in [4.78, 5) is 16.1. The predicted octanol–water partition coefficient (Wildman–Crippen LogP) is 3.20. The second-order valence-electron chi connectivity index (χ2n) is 5.98. The van der Waals surface area contributed by atoms with Crippen LogP contribution in [0.3, 0.4) is 0 Å². The molecule has 6 heteroatoms. The molecule has 2 saturated heterocycles. The zero-order valence-electron chi connectivity index (χ0n) is 11.5. The van der Waals surface area contributed by atoms with E-state index < -0.39 is 11.7 Å². The molecule has 1 aromatic heterocycles. The van der Waals surface area contributed by atoms with Gasteiger partial charge in [0.2, 0.25) is 0 Å². The van der Waals surface area contributed by atoms with Crippen LogP contribution >= 0.6 is 0 Å². The minimum Gasteiger partial charge on any atom is -0.311 e. The highest BCUT2D eigenvalue weighted by atomic mass is 19.4. The summed E-state index contributed by atoms with van der Waals surface area (Å²) in [5.74, 6) is -0.390. The van der Waals surface area contributed by atoms with Crippen molar-refractivity contribution in [1.82, 2.24) is 10.3 Å². The third-order valence-corrected chi connectivity index (χ3v) is 4.44. The number of hydrogen-bond donors (Lipinski definition) is 1. The molecular weight excluding hydrogens is 281 g/mol. The van der Waals surface area contributed by atoms with Crippen LogP contribution in [-0.2, 0) is 6.18 Å². The molecule has 0 saturated carbocycles. The molecule has 1 aromatic rings. The molecule has 2 atom stereocenters. The summed E-state index contributed by atoms with van der Waals surface area (Å²) in [5.41, 5.74) is -0.780. The lowest BCUT2D eigenvalue weighted by Gasteiger charge is -2.39. The van der Waals surface area contributed by atoms with E-state index in [-0.39, 0.29) is 17.3 Å². The van der Waals surface area contributed by atoms with Crippen molar-refractivity contribution in [2.45, 2.75) is 50.4 Å². The summed E-state index contributed by atoms with van der Waals surface area (Å²) in [6, 6.07) is 1.57. The SMILES string of the molecule is O=C(c1cncc(C(F)(F)F)c1)C1CC2CCCC(C1)N2. The van der Waals surface area contributed by atoms with E-state index >= 15 is 0 Å². The van der Waals surface area contributed by atoms with Gasteiger partial charge in [-0.05, 0) is 31.7 Å². The van der Waals surface area contributed by atoms with Crippen LogP contribution in [-0.4, -0.2) is 22.9 Å². The zero-order valence-corrected chi connectivity index (χ0v) is 11.5. The number of rotatable bonds is 2. The summed E-state index contributed by atoms with van der Waals surface area (Å²) in [6.07, 6.45) is 2.21. The minimum atomic E-state index is -4.46. The van der Waals surface area contributed by atoms with Gasteiger partial charge in [-0.25, -0.2) is 0 Å². The van der Waals surface area contributed by atoms with Gasteiger partial charge in [0.15, 0.2) is 5.78 Å². The molecule has 2 bridgehead atoms. The number of nitrogens with zero attached hydrogens (tertiary/aromatic N) is 1. The van der Waals surface area contributed by atoms with Crippen molar-refractivity contribution >= 4 is 5.78 Å². The second kappa shape index (κ2) is 5.40. The van der Waals surface area contributed by atoms with E-state index in [1.54, 1.807) is 0 Å². The molecule has 0 spiro atoms. The van der Waals surface area contributed by atoms with Gasteiger partial charge in [0, 0.05) is 36.0 Å². The lowest BCUT2D eigenvalue weighted by Crippen LogP contribution is -2.50. The fraction of sp³-hybridized carbons (Fsp3) is 0.600. The molecule has 2 aliphatic heterocycles. The molecule has 114 valence electrons. The number of pyridine rings is 1. The number of alkyl halides is 3.